The highest BCUT2D eigenvalue weighted by molar-refractivity contribution is 6.22. The molecule has 5 heteroatoms. The molecule has 0 atom stereocenters. The molecule has 19 heavy (non-hydrogen) atoms. The summed E-state index contributed by atoms with van der Waals surface area (Å²) >= 11 is 0. The molecule has 0 saturated carbocycles. The maximum absolute atomic E-state index is 11.7. The number of imide groups is 1. The molecule has 0 saturated heterocycles. The first-order valence-electron chi connectivity index (χ1n) is 5.68. The van der Waals surface area contributed by atoms with Crippen molar-refractivity contribution in [3.8, 4) is 11.5 Å². The molecule has 3 rings (SSSR count). The molecule has 0 aliphatic carbocycles. The summed E-state index contributed by atoms with van der Waals surface area (Å²) in [4.78, 5) is 23.3. The van der Waals surface area contributed by atoms with Crippen LogP contribution >= 0.6 is 0 Å². The summed E-state index contributed by atoms with van der Waals surface area (Å²) in [5.74, 6) is -0.0987. The molecular formula is C14H10N2O3. The van der Waals surface area contributed by atoms with E-state index in [4.69, 9.17) is 10.5 Å². The quantitative estimate of drug-likeness (QED) is 0.634. The van der Waals surface area contributed by atoms with E-state index in [-0.39, 0.29) is 5.56 Å². The van der Waals surface area contributed by atoms with Gasteiger partial charge < -0.3 is 10.5 Å². The summed E-state index contributed by atoms with van der Waals surface area (Å²) in [6.07, 6.45) is 0. The lowest BCUT2D eigenvalue weighted by Gasteiger charge is -2.10. The molecule has 0 fully saturated rings. The Hall–Kier alpha value is -2.82. The zero-order valence-electron chi connectivity index (χ0n) is 9.84. The number of anilines is 1. The Morgan fingerprint density at radius 1 is 0.895 bits per heavy atom. The summed E-state index contributed by atoms with van der Waals surface area (Å²) < 4.78 is 5.63. The first kappa shape index (κ1) is 11.3. The monoisotopic (exact) mass is 254 g/mol. The number of carbonyl (C=O) groups excluding carboxylic acids is 2. The number of carbonyl (C=O) groups is 2. The van der Waals surface area contributed by atoms with Gasteiger partial charge in [-0.3, -0.25) is 14.9 Å². The second-order valence-electron chi connectivity index (χ2n) is 4.10. The van der Waals surface area contributed by atoms with Gasteiger partial charge in [0.15, 0.2) is 0 Å². The number of benzene rings is 2. The normalized spacial score (nSPS) is 13.1. The lowest BCUT2D eigenvalue weighted by molar-refractivity contribution is 0.0879. The zero-order chi connectivity index (χ0) is 13.4. The van der Waals surface area contributed by atoms with Gasteiger partial charge in [0.1, 0.15) is 11.5 Å². The lowest BCUT2D eigenvalue weighted by Crippen LogP contribution is -2.20. The molecule has 3 N–H and O–H groups in total. The number of hydrogen-bond acceptors (Lipinski definition) is 4. The van der Waals surface area contributed by atoms with Crippen LogP contribution in [0.15, 0.2) is 42.5 Å². The van der Waals surface area contributed by atoms with Crippen molar-refractivity contribution < 1.29 is 14.3 Å². The maximum Gasteiger partial charge on any atom is 0.262 e. The average Bonchev–Trinajstić information content (AvgIpc) is 2.69. The van der Waals surface area contributed by atoms with E-state index in [2.05, 4.69) is 5.32 Å². The van der Waals surface area contributed by atoms with Crippen molar-refractivity contribution in [2.45, 2.75) is 0 Å². The Morgan fingerprint density at radius 2 is 1.63 bits per heavy atom. The van der Waals surface area contributed by atoms with Gasteiger partial charge in [-0.1, -0.05) is 18.2 Å². The predicted octanol–water partition coefficient (Wildman–Crippen LogP) is 1.94. The van der Waals surface area contributed by atoms with Crippen molar-refractivity contribution in [3.05, 3.63) is 53.6 Å². The summed E-state index contributed by atoms with van der Waals surface area (Å²) in [6, 6.07) is 11.8. The number of nitrogen functional groups attached to an aromatic ring is 1. The van der Waals surface area contributed by atoms with Gasteiger partial charge in [-0.15, -0.1) is 0 Å². The molecule has 2 aromatic carbocycles. The molecule has 0 unspecified atom stereocenters. The molecule has 1 aliphatic heterocycles. The highest BCUT2D eigenvalue weighted by atomic mass is 16.5. The van der Waals surface area contributed by atoms with E-state index >= 15 is 0 Å². The van der Waals surface area contributed by atoms with E-state index in [1.165, 1.54) is 0 Å². The van der Waals surface area contributed by atoms with Crippen molar-refractivity contribution in [3.63, 3.8) is 0 Å². The molecule has 1 aliphatic rings. The van der Waals surface area contributed by atoms with Crippen LogP contribution in [-0.2, 0) is 0 Å². The van der Waals surface area contributed by atoms with E-state index in [1.807, 2.05) is 0 Å². The van der Waals surface area contributed by atoms with E-state index in [1.54, 1.807) is 42.5 Å². The van der Waals surface area contributed by atoms with Crippen LogP contribution in [0.1, 0.15) is 20.7 Å². The standard InChI is InChI=1S/C14H10N2O3/c15-9-5-1-2-6-10(9)19-11-7-3-4-8-12(11)14(18)16-13(8)17/h1-7H,15H2,(H,16,17,18). The maximum atomic E-state index is 11.7. The molecule has 0 aromatic heterocycles. The zero-order valence-corrected chi connectivity index (χ0v) is 9.84. The molecule has 5 nitrogen and oxygen atoms in total. The fourth-order valence-electron chi connectivity index (χ4n) is 1.96. The third kappa shape index (κ3) is 1.81. The molecule has 94 valence electrons. The molecular weight excluding hydrogens is 244 g/mol. The van der Waals surface area contributed by atoms with E-state index in [9.17, 15) is 9.59 Å². The number of rotatable bonds is 2. The first-order valence-corrected chi connectivity index (χ1v) is 5.68. The topological polar surface area (TPSA) is 81.4 Å². The molecule has 0 radical (unpaired) electrons. The minimum Gasteiger partial charge on any atom is -0.454 e. The van der Waals surface area contributed by atoms with Gasteiger partial charge in [-0.05, 0) is 24.3 Å². The van der Waals surface area contributed by atoms with Crippen molar-refractivity contribution in [2.24, 2.45) is 0 Å². The van der Waals surface area contributed by atoms with Crippen LogP contribution in [0, 0.1) is 0 Å². The van der Waals surface area contributed by atoms with Crippen LogP contribution in [0.25, 0.3) is 0 Å². The largest absolute Gasteiger partial charge is 0.454 e. The molecule has 1 heterocycles. The third-order valence-electron chi connectivity index (χ3n) is 2.86. The number of fused-ring (bicyclic) bond motifs is 1. The van der Waals surface area contributed by atoms with Gasteiger partial charge in [0.25, 0.3) is 11.8 Å². The van der Waals surface area contributed by atoms with Crippen LogP contribution in [-0.4, -0.2) is 11.8 Å². The van der Waals surface area contributed by atoms with Crippen LogP contribution < -0.4 is 15.8 Å². The van der Waals surface area contributed by atoms with E-state index < -0.39 is 11.8 Å². The minimum absolute atomic E-state index is 0.246. The van der Waals surface area contributed by atoms with Gasteiger partial charge in [-0.2, -0.15) is 0 Å². The average molecular weight is 254 g/mol. The Kier molecular flexibility index (Phi) is 2.45. The molecule has 0 spiro atoms. The number of hydrogen-bond donors (Lipinski definition) is 2. The van der Waals surface area contributed by atoms with Gasteiger partial charge in [0.05, 0.1) is 16.8 Å². The molecule has 0 bridgehead atoms. The highest BCUT2D eigenvalue weighted by Crippen LogP contribution is 2.32. The Labute approximate surface area is 109 Å². The summed E-state index contributed by atoms with van der Waals surface area (Å²) in [5, 5.41) is 2.23. The molecule has 2 aromatic rings. The van der Waals surface area contributed by atoms with Crippen LogP contribution in [0.2, 0.25) is 0 Å². The van der Waals surface area contributed by atoms with E-state index in [0.29, 0.717) is 22.7 Å². The fourth-order valence-corrected chi connectivity index (χ4v) is 1.96. The van der Waals surface area contributed by atoms with Gasteiger partial charge >= 0.3 is 0 Å². The Bertz CT molecular complexity index is 695. The van der Waals surface area contributed by atoms with Crippen molar-refractivity contribution in [2.75, 3.05) is 5.73 Å². The minimum atomic E-state index is -0.454. The SMILES string of the molecule is Nc1ccccc1Oc1cccc2c1C(=O)NC2=O. The first-order chi connectivity index (χ1) is 9.16. The van der Waals surface area contributed by atoms with Crippen LogP contribution in [0.3, 0.4) is 0 Å². The number of para-hydroxylation sites is 2. The van der Waals surface area contributed by atoms with Crippen LogP contribution in [0.4, 0.5) is 5.69 Å². The second-order valence-corrected chi connectivity index (χ2v) is 4.10. The van der Waals surface area contributed by atoms with E-state index in [0.717, 1.165) is 0 Å². The fraction of sp³-hybridized carbons (Fsp3) is 0. The summed E-state index contributed by atoms with van der Waals surface area (Å²) in [5.41, 5.74) is 6.81. The third-order valence-corrected chi connectivity index (χ3v) is 2.86. The highest BCUT2D eigenvalue weighted by Gasteiger charge is 2.30. The van der Waals surface area contributed by atoms with Gasteiger partial charge in [0, 0.05) is 0 Å². The van der Waals surface area contributed by atoms with Crippen molar-refractivity contribution in [1.29, 1.82) is 0 Å². The van der Waals surface area contributed by atoms with Gasteiger partial charge in [0.2, 0.25) is 0 Å². The van der Waals surface area contributed by atoms with Gasteiger partial charge in [-0.25, -0.2) is 0 Å². The second kappa shape index (κ2) is 4.13. The lowest BCUT2D eigenvalue weighted by atomic mass is 10.1. The Balaban J connectivity index is 2.06. The molecule has 2 amide bonds. The van der Waals surface area contributed by atoms with Crippen LogP contribution in [0.5, 0.6) is 11.5 Å². The summed E-state index contributed by atoms with van der Waals surface area (Å²) in [6.45, 7) is 0. The predicted molar refractivity (Wildman–Crippen MR) is 69.2 cm³/mol. The summed E-state index contributed by atoms with van der Waals surface area (Å²) in [7, 11) is 0. The number of ether oxygens (including phenoxy) is 1. The smallest absolute Gasteiger partial charge is 0.262 e. The number of nitrogens with two attached hydrogens (primary N) is 1. The van der Waals surface area contributed by atoms with Crippen molar-refractivity contribution in [1.82, 2.24) is 5.32 Å². The number of nitrogens with one attached hydrogen (secondary N) is 1. The van der Waals surface area contributed by atoms with Crippen molar-refractivity contribution >= 4 is 17.5 Å². The Morgan fingerprint density at radius 3 is 2.42 bits per heavy atom. The number of amides is 2.